The minimum absolute atomic E-state index is 0.127. The molecule has 3 heteroatoms. The van der Waals surface area contributed by atoms with Crippen LogP contribution in [-0.2, 0) is 0 Å². The maximum atomic E-state index is 6.43. The van der Waals surface area contributed by atoms with Crippen molar-refractivity contribution in [2.24, 2.45) is 5.41 Å². The predicted molar refractivity (Wildman–Crippen MR) is 88.7 cm³/mol. The van der Waals surface area contributed by atoms with E-state index in [9.17, 15) is 0 Å². The van der Waals surface area contributed by atoms with Crippen molar-refractivity contribution in [3.63, 3.8) is 0 Å². The van der Waals surface area contributed by atoms with Gasteiger partial charge in [0.05, 0.1) is 10.9 Å². The molecular weight excluding hydrogens is 268 g/mol. The van der Waals surface area contributed by atoms with E-state index in [4.69, 9.17) is 11.6 Å². The maximum Gasteiger partial charge on any atom is 0.0725 e. The van der Waals surface area contributed by atoms with E-state index >= 15 is 0 Å². The van der Waals surface area contributed by atoms with Crippen LogP contribution in [0.3, 0.4) is 0 Å². The number of hydrogen-bond donors (Lipinski definition) is 1. The van der Waals surface area contributed by atoms with Crippen LogP contribution in [0.1, 0.15) is 32.9 Å². The van der Waals surface area contributed by atoms with Crippen LogP contribution < -0.4 is 5.32 Å². The number of para-hydroxylation sites is 1. The van der Waals surface area contributed by atoms with Crippen molar-refractivity contribution in [1.29, 1.82) is 0 Å². The highest BCUT2D eigenvalue weighted by Crippen LogP contribution is 2.26. The molecule has 0 spiro atoms. The summed E-state index contributed by atoms with van der Waals surface area (Å²) in [5, 5.41) is 4.76. The predicted octanol–water partition coefficient (Wildman–Crippen LogP) is 5.00. The van der Waals surface area contributed by atoms with Crippen molar-refractivity contribution in [3.05, 3.63) is 36.0 Å². The standard InChI is InChI=1S/C17H23ClN2/c1-12-9-16(14-7-5-6-8-15(14)20-12)19-11-13(18)10-17(2,3)4/h5-9,13H,10-11H2,1-4H3,(H,19,20). The normalized spacial score (nSPS) is 13.4. The number of nitrogens with one attached hydrogen (secondary N) is 1. The fourth-order valence-corrected chi connectivity index (χ4v) is 2.95. The summed E-state index contributed by atoms with van der Waals surface area (Å²) in [6.07, 6.45) is 0.990. The van der Waals surface area contributed by atoms with Gasteiger partial charge in [-0.1, -0.05) is 39.0 Å². The van der Waals surface area contributed by atoms with Crippen molar-refractivity contribution in [2.75, 3.05) is 11.9 Å². The van der Waals surface area contributed by atoms with Gasteiger partial charge in [0.25, 0.3) is 0 Å². The third kappa shape index (κ3) is 4.11. The van der Waals surface area contributed by atoms with E-state index < -0.39 is 0 Å². The molecule has 2 nitrogen and oxygen atoms in total. The van der Waals surface area contributed by atoms with Crippen LogP contribution in [0.5, 0.6) is 0 Å². The van der Waals surface area contributed by atoms with E-state index in [1.54, 1.807) is 0 Å². The number of aromatic nitrogens is 1. The molecule has 108 valence electrons. The number of aryl methyl sites for hydroxylation is 1. The van der Waals surface area contributed by atoms with Crippen LogP contribution in [0.4, 0.5) is 5.69 Å². The Balaban J connectivity index is 2.14. The van der Waals surface area contributed by atoms with E-state index in [1.165, 1.54) is 0 Å². The fraction of sp³-hybridized carbons (Fsp3) is 0.471. The highest BCUT2D eigenvalue weighted by Gasteiger charge is 2.16. The molecule has 1 unspecified atom stereocenters. The van der Waals surface area contributed by atoms with Gasteiger partial charge in [0.2, 0.25) is 0 Å². The zero-order valence-corrected chi connectivity index (χ0v) is 13.5. The van der Waals surface area contributed by atoms with Crippen molar-refractivity contribution >= 4 is 28.2 Å². The molecule has 20 heavy (non-hydrogen) atoms. The number of benzene rings is 1. The van der Waals surface area contributed by atoms with Crippen LogP contribution in [0.25, 0.3) is 10.9 Å². The first kappa shape index (κ1) is 15.1. The Morgan fingerprint density at radius 1 is 1.25 bits per heavy atom. The van der Waals surface area contributed by atoms with Crippen molar-refractivity contribution in [1.82, 2.24) is 4.98 Å². The zero-order valence-electron chi connectivity index (χ0n) is 12.7. The van der Waals surface area contributed by atoms with E-state index in [2.05, 4.69) is 43.2 Å². The first-order chi connectivity index (χ1) is 9.35. The second-order valence-corrected chi connectivity index (χ2v) is 7.19. The number of pyridine rings is 1. The van der Waals surface area contributed by atoms with Crippen molar-refractivity contribution in [2.45, 2.75) is 39.5 Å². The van der Waals surface area contributed by atoms with Gasteiger partial charge in [-0.05, 0) is 30.9 Å². The van der Waals surface area contributed by atoms with Gasteiger partial charge in [0.15, 0.2) is 0 Å². The molecule has 1 aromatic carbocycles. The lowest BCUT2D eigenvalue weighted by Gasteiger charge is -2.22. The van der Waals surface area contributed by atoms with E-state index in [0.717, 1.165) is 35.2 Å². The number of halogens is 1. The summed E-state index contributed by atoms with van der Waals surface area (Å²) in [7, 11) is 0. The van der Waals surface area contributed by atoms with Gasteiger partial charge in [-0.3, -0.25) is 4.98 Å². The number of rotatable bonds is 4. The van der Waals surface area contributed by atoms with E-state index in [0.29, 0.717) is 0 Å². The summed E-state index contributed by atoms with van der Waals surface area (Å²) in [6.45, 7) is 9.44. The third-order valence-corrected chi connectivity index (χ3v) is 3.50. The van der Waals surface area contributed by atoms with Gasteiger partial charge < -0.3 is 5.32 Å². The fourth-order valence-electron chi connectivity index (χ4n) is 2.41. The maximum absolute atomic E-state index is 6.43. The Hall–Kier alpha value is -1.28. The third-order valence-electron chi connectivity index (χ3n) is 3.19. The lowest BCUT2D eigenvalue weighted by Crippen LogP contribution is -2.21. The molecule has 0 saturated carbocycles. The van der Waals surface area contributed by atoms with Crippen molar-refractivity contribution in [3.8, 4) is 0 Å². The summed E-state index contributed by atoms with van der Waals surface area (Å²) in [4.78, 5) is 4.55. The van der Waals surface area contributed by atoms with Crippen LogP contribution in [0.15, 0.2) is 30.3 Å². The van der Waals surface area contributed by atoms with E-state index in [-0.39, 0.29) is 10.8 Å². The van der Waals surface area contributed by atoms with Gasteiger partial charge in [-0.25, -0.2) is 0 Å². The first-order valence-corrected chi connectivity index (χ1v) is 7.53. The second-order valence-electron chi connectivity index (χ2n) is 6.57. The summed E-state index contributed by atoms with van der Waals surface area (Å²) in [5.74, 6) is 0. The molecule has 0 saturated heterocycles. The lowest BCUT2D eigenvalue weighted by atomic mass is 9.90. The first-order valence-electron chi connectivity index (χ1n) is 7.09. The number of alkyl halides is 1. The largest absolute Gasteiger partial charge is 0.383 e. The molecule has 1 N–H and O–H groups in total. The molecule has 2 aromatic rings. The molecule has 0 fully saturated rings. The summed E-state index contributed by atoms with van der Waals surface area (Å²) >= 11 is 6.43. The highest BCUT2D eigenvalue weighted by molar-refractivity contribution is 6.21. The molecular formula is C17H23ClN2. The summed E-state index contributed by atoms with van der Waals surface area (Å²) in [5.41, 5.74) is 3.42. The van der Waals surface area contributed by atoms with Crippen molar-refractivity contribution < 1.29 is 0 Å². The molecule has 0 radical (unpaired) electrons. The van der Waals surface area contributed by atoms with Gasteiger partial charge in [0.1, 0.15) is 0 Å². The molecule has 1 heterocycles. The molecule has 0 amide bonds. The average Bonchev–Trinajstić information content (AvgIpc) is 2.33. The number of nitrogens with zero attached hydrogens (tertiary/aromatic N) is 1. The molecule has 1 aromatic heterocycles. The smallest absolute Gasteiger partial charge is 0.0725 e. The highest BCUT2D eigenvalue weighted by atomic mass is 35.5. The van der Waals surface area contributed by atoms with Crippen LogP contribution in [-0.4, -0.2) is 16.9 Å². The Labute approximate surface area is 126 Å². The van der Waals surface area contributed by atoms with Crippen LogP contribution >= 0.6 is 11.6 Å². The monoisotopic (exact) mass is 290 g/mol. The van der Waals surface area contributed by atoms with Gasteiger partial charge in [0, 0.05) is 23.3 Å². The minimum atomic E-state index is 0.127. The molecule has 0 bridgehead atoms. The second kappa shape index (κ2) is 6.01. The Morgan fingerprint density at radius 2 is 1.95 bits per heavy atom. The molecule has 0 aliphatic heterocycles. The minimum Gasteiger partial charge on any atom is -0.383 e. The molecule has 2 rings (SSSR count). The number of hydrogen-bond acceptors (Lipinski definition) is 2. The summed E-state index contributed by atoms with van der Waals surface area (Å²) in [6, 6.07) is 10.3. The topological polar surface area (TPSA) is 24.9 Å². The van der Waals surface area contributed by atoms with Gasteiger partial charge in [-0.2, -0.15) is 0 Å². The Morgan fingerprint density at radius 3 is 2.65 bits per heavy atom. The average molecular weight is 291 g/mol. The SMILES string of the molecule is Cc1cc(NCC(Cl)CC(C)(C)C)c2ccccc2n1. The number of anilines is 1. The Kier molecular flexibility index (Phi) is 4.54. The van der Waals surface area contributed by atoms with Crippen LogP contribution in [0, 0.1) is 12.3 Å². The van der Waals surface area contributed by atoms with Crippen LogP contribution in [0.2, 0.25) is 0 Å². The quantitative estimate of drug-likeness (QED) is 0.802. The van der Waals surface area contributed by atoms with Gasteiger partial charge in [-0.15, -0.1) is 11.6 Å². The lowest BCUT2D eigenvalue weighted by molar-refractivity contribution is 0.373. The van der Waals surface area contributed by atoms with Gasteiger partial charge >= 0.3 is 0 Å². The Bertz CT molecular complexity index is 587. The summed E-state index contributed by atoms with van der Waals surface area (Å²) < 4.78 is 0. The number of fused-ring (bicyclic) bond motifs is 1. The molecule has 0 aliphatic rings. The zero-order chi connectivity index (χ0) is 14.8. The molecule has 0 aliphatic carbocycles. The molecule has 1 atom stereocenters. The van der Waals surface area contributed by atoms with E-state index in [1.807, 2.05) is 25.1 Å².